The van der Waals surface area contributed by atoms with Crippen molar-refractivity contribution in [2.75, 3.05) is 5.75 Å². The number of hydrogen-bond donors (Lipinski definition) is 1. The largest absolute Gasteiger partial charge is 0.508 e. The summed E-state index contributed by atoms with van der Waals surface area (Å²) in [5.74, 6) is 7.66. The van der Waals surface area contributed by atoms with E-state index in [0.29, 0.717) is 32.6 Å². The van der Waals surface area contributed by atoms with E-state index >= 15 is 0 Å². The number of halogens is 2. The summed E-state index contributed by atoms with van der Waals surface area (Å²) in [6.45, 7) is 4.17. The summed E-state index contributed by atoms with van der Waals surface area (Å²) in [4.78, 5) is 12.8. The molecule has 1 heterocycles. The Morgan fingerprint density at radius 2 is 1.88 bits per heavy atom. The maximum atomic E-state index is 12.8. The van der Waals surface area contributed by atoms with Crippen molar-refractivity contribution < 1.29 is 9.90 Å². The Balaban J connectivity index is 1.17. The van der Waals surface area contributed by atoms with Gasteiger partial charge < -0.3 is 5.11 Å². The average Bonchev–Trinajstić information content (AvgIpc) is 3.70. The molecular formula is C32H30Cl2N4O2S. The van der Waals surface area contributed by atoms with Crippen molar-refractivity contribution in [2.45, 2.75) is 57.0 Å². The molecule has 6 nitrogen and oxygen atoms in total. The van der Waals surface area contributed by atoms with Crippen LogP contribution in [0.3, 0.4) is 0 Å². The Morgan fingerprint density at radius 3 is 2.61 bits per heavy atom. The normalized spacial score (nSPS) is 13.1. The number of thioether (sulfide) groups is 1. The van der Waals surface area contributed by atoms with E-state index in [4.69, 9.17) is 23.2 Å². The van der Waals surface area contributed by atoms with E-state index in [1.807, 2.05) is 42.5 Å². The SMILES string of the molecule is CC(C)(C#Cc1ccc(CC(=O)CSc2nnnn2-c2ccc(C3CC3)cc2Cl)c(Cl)c1)CCc1ccccc1O. The van der Waals surface area contributed by atoms with Gasteiger partial charge in [0.1, 0.15) is 11.5 Å². The Bertz CT molecular complexity index is 1640. The minimum absolute atomic E-state index is 0.00533. The lowest BCUT2D eigenvalue weighted by molar-refractivity contribution is -0.116. The van der Waals surface area contributed by atoms with Crippen molar-refractivity contribution in [2.24, 2.45) is 5.41 Å². The van der Waals surface area contributed by atoms with Gasteiger partial charge in [0.15, 0.2) is 0 Å². The van der Waals surface area contributed by atoms with Gasteiger partial charge in [-0.2, -0.15) is 4.68 Å². The number of rotatable bonds is 10. The number of hydrogen-bond acceptors (Lipinski definition) is 6. The molecule has 1 aliphatic rings. The van der Waals surface area contributed by atoms with E-state index in [-0.39, 0.29) is 23.4 Å². The van der Waals surface area contributed by atoms with Crippen LogP contribution < -0.4 is 0 Å². The highest BCUT2D eigenvalue weighted by atomic mass is 35.5. The molecule has 0 amide bonds. The lowest BCUT2D eigenvalue weighted by Gasteiger charge is -2.17. The minimum atomic E-state index is -0.250. The number of aromatic nitrogens is 4. The zero-order valence-corrected chi connectivity index (χ0v) is 25.2. The molecule has 1 N–H and O–H groups in total. The highest BCUT2D eigenvalue weighted by molar-refractivity contribution is 7.99. The second-order valence-electron chi connectivity index (χ2n) is 10.9. The molecule has 0 saturated heterocycles. The fourth-order valence-corrected chi connectivity index (χ4v) is 5.70. The number of phenolic OH excluding ortho intramolecular Hbond substituents is 1. The van der Waals surface area contributed by atoms with Gasteiger partial charge >= 0.3 is 0 Å². The number of benzene rings is 3. The van der Waals surface area contributed by atoms with Crippen LogP contribution in [0, 0.1) is 17.3 Å². The van der Waals surface area contributed by atoms with Crippen LogP contribution in [0.5, 0.6) is 5.75 Å². The van der Waals surface area contributed by atoms with Gasteiger partial charge in [0, 0.05) is 22.4 Å². The first-order chi connectivity index (χ1) is 19.7. The number of carbonyl (C=O) groups excluding carboxylic acids is 1. The average molecular weight is 606 g/mol. The van der Waals surface area contributed by atoms with Crippen LogP contribution >= 0.6 is 35.0 Å². The number of phenols is 1. The van der Waals surface area contributed by atoms with Gasteiger partial charge in [-0.15, -0.1) is 5.10 Å². The predicted octanol–water partition coefficient (Wildman–Crippen LogP) is 7.47. The third-order valence-electron chi connectivity index (χ3n) is 7.05. The second-order valence-corrected chi connectivity index (χ2v) is 12.7. The lowest BCUT2D eigenvalue weighted by Crippen LogP contribution is -2.10. The standard InChI is InChI=1S/C32H30Cl2N4O2S/c1-32(2,16-14-23-5-3-4-6-30(23)40)15-13-21-7-8-25(27(33)17-21)18-26(39)20-41-31-35-36-37-38(31)29-12-11-24(19-28(29)34)22-9-10-22/h3-8,11-12,17,19,22,40H,9-10,14,16,18,20H2,1-2H3. The molecule has 0 bridgehead atoms. The molecule has 1 fully saturated rings. The fraction of sp³-hybridized carbons (Fsp3) is 0.312. The lowest BCUT2D eigenvalue weighted by atomic mass is 9.86. The maximum absolute atomic E-state index is 12.8. The summed E-state index contributed by atoms with van der Waals surface area (Å²) >= 11 is 14.3. The molecule has 3 aromatic carbocycles. The van der Waals surface area contributed by atoms with Crippen LogP contribution in [-0.4, -0.2) is 36.8 Å². The molecule has 5 rings (SSSR count). The molecule has 9 heteroatoms. The molecular weight excluding hydrogens is 575 g/mol. The minimum Gasteiger partial charge on any atom is -0.508 e. The number of carbonyl (C=O) groups is 1. The molecule has 0 spiro atoms. The van der Waals surface area contributed by atoms with Gasteiger partial charge in [-0.05, 0) is 103 Å². The number of nitrogens with zero attached hydrogens (tertiary/aromatic N) is 4. The number of aryl methyl sites for hydroxylation is 1. The van der Waals surface area contributed by atoms with E-state index < -0.39 is 0 Å². The molecule has 0 atom stereocenters. The second kappa shape index (κ2) is 12.7. The Kier molecular flexibility index (Phi) is 9.03. The van der Waals surface area contributed by atoms with Crippen LogP contribution in [0.2, 0.25) is 10.0 Å². The first-order valence-corrected chi connectivity index (χ1v) is 15.2. The zero-order valence-electron chi connectivity index (χ0n) is 22.9. The molecule has 1 saturated carbocycles. The van der Waals surface area contributed by atoms with Crippen molar-refractivity contribution in [3.63, 3.8) is 0 Å². The molecule has 4 aromatic rings. The first kappa shape index (κ1) is 29.2. The van der Waals surface area contributed by atoms with Crippen LogP contribution in [0.1, 0.15) is 61.3 Å². The van der Waals surface area contributed by atoms with E-state index in [1.165, 1.54) is 30.2 Å². The van der Waals surface area contributed by atoms with Gasteiger partial charge in [0.05, 0.1) is 16.5 Å². The summed E-state index contributed by atoms with van der Waals surface area (Å²) in [7, 11) is 0. The third-order valence-corrected chi connectivity index (χ3v) is 8.68. The third kappa shape index (κ3) is 7.71. The predicted molar refractivity (Wildman–Crippen MR) is 164 cm³/mol. The van der Waals surface area contributed by atoms with Gasteiger partial charge in [-0.25, -0.2) is 0 Å². The maximum Gasteiger partial charge on any atom is 0.214 e. The molecule has 41 heavy (non-hydrogen) atoms. The monoisotopic (exact) mass is 604 g/mol. The van der Waals surface area contributed by atoms with E-state index in [1.54, 1.807) is 16.8 Å². The number of tetrazole rings is 1. The van der Waals surface area contributed by atoms with Gasteiger partial charge in [0.25, 0.3) is 0 Å². The number of para-hydroxylation sites is 1. The summed E-state index contributed by atoms with van der Waals surface area (Å²) in [6, 6.07) is 18.9. The molecule has 210 valence electrons. The van der Waals surface area contributed by atoms with Gasteiger partial charge in [0.2, 0.25) is 5.16 Å². The first-order valence-electron chi connectivity index (χ1n) is 13.5. The highest BCUT2D eigenvalue weighted by Gasteiger charge is 2.24. The van der Waals surface area contributed by atoms with E-state index in [9.17, 15) is 9.90 Å². The van der Waals surface area contributed by atoms with Crippen LogP contribution in [-0.2, 0) is 17.6 Å². The smallest absolute Gasteiger partial charge is 0.214 e. The summed E-state index contributed by atoms with van der Waals surface area (Å²) in [5.41, 5.74) is 4.13. The summed E-state index contributed by atoms with van der Waals surface area (Å²) in [5, 5.41) is 23.6. The molecule has 0 radical (unpaired) electrons. The van der Waals surface area contributed by atoms with Gasteiger partial charge in [-0.1, -0.05) is 77.1 Å². The Morgan fingerprint density at radius 1 is 1.07 bits per heavy atom. The van der Waals surface area contributed by atoms with Gasteiger partial charge in [-0.3, -0.25) is 4.79 Å². The zero-order chi connectivity index (χ0) is 29.0. The van der Waals surface area contributed by atoms with Crippen molar-refractivity contribution >= 4 is 40.7 Å². The van der Waals surface area contributed by atoms with Crippen molar-refractivity contribution in [3.8, 4) is 23.3 Å². The number of Topliss-reactive ketones (excluding diaryl/α,β-unsaturated/α-hetero) is 1. The number of aromatic hydroxyl groups is 1. The molecule has 0 aliphatic heterocycles. The van der Waals surface area contributed by atoms with Crippen molar-refractivity contribution in [3.05, 3.63) is 93.0 Å². The van der Waals surface area contributed by atoms with E-state index in [2.05, 4.69) is 47.3 Å². The summed E-state index contributed by atoms with van der Waals surface area (Å²) in [6.07, 6.45) is 4.13. The summed E-state index contributed by atoms with van der Waals surface area (Å²) < 4.78 is 1.57. The molecule has 0 unspecified atom stereocenters. The topological polar surface area (TPSA) is 80.9 Å². The van der Waals surface area contributed by atoms with Crippen molar-refractivity contribution in [1.29, 1.82) is 0 Å². The Hall–Kier alpha value is -3.31. The van der Waals surface area contributed by atoms with Crippen molar-refractivity contribution in [1.82, 2.24) is 20.2 Å². The quantitative estimate of drug-likeness (QED) is 0.149. The molecule has 1 aliphatic carbocycles. The number of ketones is 1. The Labute approximate surface area is 254 Å². The van der Waals surface area contributed by atoms with Crippen LogP contribution in [0.25, 0.3) is 5.69 Å². The van der Waals surface area contributed by atoms with E-state index in [0.717, 1.165) is 29.5 Å². The van der Waals surface area contributed by atoms with Crippen LogP contribution in [0.4, 0.5) is 0 Å². The van der Waals surface area contributed by atoms with Crippen LogP contribution in [0.15, 0.2) is 65.8 Å². The fourth-order valence-electron chi connectivity index (χ4n) is 4.44. The highest BCUT2D eigenvalue weighted by Crippen LogP contribution is 2.41. The molecule has 1 aromatic heterocycles.